The fourth-order valence-electron chi connectivity index (χ4n) is 4.70. The number of carbonyl (C=O) groups is 1. The van der Waals surface area contributed by atoms with Crippen LogP contribution in [0, 0.1) is 5.92 Å². The Labute approximate surface area is 182 Å². The minimum Gasteiger partial charge on any atom is -0.361 e. The van der Waals surface area contributed by atoms with Gasteiger partial charge in [-0.25, -0.2) is 0 Å². The number of para-hydroxylation sites is 1. The summed E-state index contributed by atoms with van der Waals surface area (Å²) in [4.78, 5) is 18.7. The van der Waals surface area contributed by atoms with Gasteiger partial charge in [-0.1, -0.05) is 31.5 Å². The molecule has 1 aliphatic carbocycles. The Hall–Kier alpha value is -1.85. The first-order valence-corrected chi connectivity index (χ1v) is 11.8. The number of nitrogens with zero attached hydrogens (tertiary/aromatic N) is 1. The summed E-state index contributed by atoms with van der Waals surface area (Å²) < 4.78 is 0. The van der Waals surface area contributed by atoms with Crippen LogP contribution >= 0.6 is 0 Å². The molecule has 166 valence electrons. The number of aromatic nitrogens is 1. The molecular formula is C25H40N4O. The molecule has 1 saturated carbocycles. The van der Waals surface area contributed by atoms with Crippen LogP contribution in [0.1, 0.15) is 57.4 Å². The standard InChI is InChI=1S/C25H40N4O/c1-4-5-15-26-24(17-20-18-28-23-9-7-6-8-22(20)23)25(30)27-16-14-19-10-12-21(13-11-19)29(2)3/h6-9,18-19,21,24,26,28H,4-5,10-17H2,1-3H3,(H,27,30)/t19?,21?,24-/m0/s1. The van der Waals surface area contributed by atoms with Gasteiger partial charge in [0.2, 0.25) is 5.91 Å². The molecule has 0 saturated heterocycles. The van der Waals surface area contributed by atoms with Gasteiger partial charge < -0.3 is 20.5 Å². The summed E-state index contributed by atoms with van der Waals surface area (Å²) in [6.07, 6.45) is 11.2. The highest BCUT2D eigenvalue weighted by atomic mass is 16.2. The van der Waals surface area contributed by atoms with Gasteiger partial charge >= 0.3 is 0 Å². The second-order valence-electron chi connectivity index (χ2n) is 9.14. The zero-order valence-corrected chi connectivity index (χ0v) is 19.0. The lowest BCUT2D eigenvalue weighted by atomic mass is 9.84. The van der Waals surface area contributed by atoms with Crippen LogP contribution < -0.4 is 10.6 Å². The average Bonchev–Trinajstić information content (AvgIpc) is 3.16. The van der Waals surface area contributed by atoms with E-state index in [9.17, 15) is 4.79 Å². The Morgan fingerprint density at radius 1 is 1.17 bits per heavy atom. The normalized spacial score (nSPS) is 20.5. The molecule has 0 bridgehead atoms. The maximum absolute atomic E-state index is 13.0. The molecule has 0 radical (unpaired) electrons. The molecule has 1 heterocycles. The maximum atomic E-state index is 13.0. The van der Waals surface area contributed by atoms with Crippen molar-refractivity contribution >= 4 is 16.8 Å². The van der Waals surface area contributed by atoms with Crippen molar-refractivity contribution in [2.45, 2.75) is 70.4 Å². The summed E-state index contributed by atoms with van der Waals surface area (Å²) in [7, 11) is 4.37. The van der Waals surface area contributed by atoms with E-state index in [4.69, 9.17) is 0 Å². The van der Waals surface area contributed by atoms with E-state index >= 15 is 0 Å². The number of fused-ring (bicyclic) bond motifs is 1. The lowest BCUT2D eigenvalue weighted by Gasteiger charge is -2.32. The molecule has 1 amide bonds. The highest BCUT2D eigenvalue weighted by Gasteiger charge is 2.23. The number of aromatic amines is 1. The van der Waals surface area contributed by atoms with Gasteiger partial charge in [0.05, 0.1) is 6.04 Å². The molecule has 3 N–H and O–H groups in total. The minimum absolute atomic E-state index is 0.137. The lowest BCUT2D eigenvalue weighted by Crippen LogP contribution is -2.46. The van der Waals surface area contributed by atoms with Gasteiger partial charge in [-0.3, -0.25) is 4.79 Å². The minimum atomic E-state index is -0.180. The smallest absolute Gasteiger partial charge is 0.237 e. The molecule has 2 aromatic rings. The van der Waals surface area contributed by atoms with Gasteiger partial charge in [-0.2, -0.15) is 0 Å². The van der Waals surface area contributed by atoms with Crippen molar-refractivity contribution in [1.82, 2.24) is 20.5 Å². The lowest BCUT2D eigenvalue weighted by molar-refractivity contribution is -0.123. The zero-order valence-electron chi connectivity index (χ0n) is 19.0. The third kappa shape index (κ3) is 6.32. The molecule has 1 atom stereocenters. The van der Waals surface area contributed by atoms with E-state index in [1.807, 2.05) is 6.07 Å². The summed E-state index contributed by atoms with van der Waals surface area (Å²) in [5.41, 5.74) is 2.34. The second kappa shape index (κ2) is 11.5. The third-order valence-electron chi connectivity index (χ3n) is 6.73. The van der Waals surface area contributed by atoms with Crippen LogP contribution in [-0.2, 0) is 11.2 Å². The molecular weight excluding hydrogens is 372 g/mol. The topological polar surface area (TPSA) is 60.2 Å². The molecule has 5 heteroatoms. The second-order valence-corrected chi connectivity index (χ2v) is 9.14. The average molecular weight is 413 g/mol. The summed E-state index contributed by atoms with van der Waals surface area (Å²) in [6.45, 7) is 3.85. The van der Waals surface area contributed by atoms with Gasteiger partial charge in [-0.05, 0) is 83.1 Å². The van der Waals surface area contributed by atoms with Crippen molar-refractivity contribution in [3.8, 4) is 0 Å². The summed E-state index contributed by atoms with van der Waals surface area (Å²) in [5.74, 6) is 0.889. The Morgan fingerprint density at radius 3 is 2.67 bits per heavy atom. The van der Waals surface area contributed by atoms with Crippen LogP contribution in [0.4, 0.5) is 0 Å². The number of amides is 1. The number of benzene rings is 1. The number of unbranched alkanes of at least 4 members (excludes halogenated alkanes) is 1. The maximum Gasteiger partial charge on any atom is 0.237 e. The molecule has 0 spiro atoms. The quantitative estimate of drug-likeness (QED) is 0.487. The van der Waals surface area contributed by atoms with E-state index in [0.717, 1.165) is 49.8 Å². The molecule has 5 nitrogen and oxygen atoms in total. The van der Waals surface area contributed by atoms with E-state index in [0.29, 0.717) is 6.42 Å². The monoisotopic (exact) mass is 412 g/mol. The van der Waals surface area contributed by atoms with E-state index < -0.39 is 0 Å². The Balaban J connectivity index is 1.51. The van der Waals surface area contributed by atoms with E-state index in [2.05, 4.69) is 65.9 Å². The molecule has 0 unspecified atom stereocenters. The third-order valence-corrected chi connectivity index (χ3v) is 6.73. The van der Waals surface area contributed by atoms with Crippen LogP contribution in [0.2, 0.25) is 0 Å². The predicted octanol–water partition coefficient (Wildman–Crippen LogP) is 4.10. The van der Waals surface area contributed by atoms with Crippen LogP contribution in [0.15, 0.2) is 30.5 Å². The highest BCUT2D eigenvalue weighted by Crippen LogP contribution is 2.28. The first kappa shape index (κ1) is 22.8. The van der Waals surface area contributed by atoms with E-state index in [1.165, 1.54) is 36.6 Å². The predicted molar refractivity (Wildman–Crippen MR) is 126 cm³/mol. The largest absolute Gasteiger partial charge is 0.361 e. The Bertz CT molecular complexity index is 776. The fraction of sp³-hybridized carbons (Fsp3) is 0.640. The number of hydrogen-bond acceptors (Lipinski definition) is 3. The van der Waals surface area contributed by atoms with Crippen LogP contribution in [-0.4, -0.2) is 55.1 Å². The number of rotatable bonds is 11. The number of H-pyrrole nitrogens is 1. The van der Waals surface area contributed by atoms with Crippen molar-refractivity contribution in [2.24, 2.45) is 5.92 Å². The first-order valence-electron chi connectivity index (χ1n) is 11.8. The van der Waals surface area contributed by atoms with E-state index in [-0.39, 0.29) is 11.9 Å². The fourth-order valence-corrected chi connectivity index (χ4v) is 4.70. The first-order chi connectivity index (χ1) is 14.6. The zero-order chi connectivity index (χ0) is 21.3. The Kier molecular flexibility index (Phi) is 8.76. The molecule has 1 aromatic carbocycles. The van der Waals surface area contributed by atoms with Crippen LogP contribution in [0.5, 0.6) is 0 Å². The van der Waals surface area contributed by atoms with Gasteiger partial charge in [0.1, 0.15) is 0 Å². The van der Waals surface area contributed by atoms with Gasteiger partial charge in [-0.15, -0.1) is 0 Å². The molecule has 1 aliphatic rings. The summed E-state index contributed by atoms with van der Waals surface area (Å²) in [5, 5.41) is 7.94. The van der Waals surface area contributed by atoms with Gasteiger partial charge in [0.15, 0.2) is 0 Å². The van der Waals surface area contributed by atoms with E-state index in [1.54, 1.807) is 0 Å². The van der Waals surface area contributed by atoms with Crippen LogP contribution in [0.3, 0.4) is 0 Å². The Morgan fingerprint density at radius 2 is 1.93 bits per heavy atom. The molecule has 3 rings (SSSR count). The van der Waals surface area contributed by atoms with Crippen molar-refractivity contribution in [1.29, 1.82) is 0 Å². The molecule has 30 heavy (non-hydrogen) atoms. The molecule has 1 aromatic heterocycles. The SMILES string of the molecule is CCCCN[C@@H](Cc1c[nH]c2ccccc12)C(=O)NCCC1CCC(N(C)C)CC1. The summed E-state index contributed by atoms with van der Waals surface area (Å²) >= 11 is 0. The van der Waals surface area contributed by atoms with Crippen molar-refractivity contribution in [3.05, 3.63) is 36.0 Å². The molecule has 1 fully saturated rings. The highest BCUT2D eigenvalue weighted by molar-refractivity contribution is 5.86. The van der Waals surface area contributed by atoms with Gasteiger partial charge in [0.25, 0.3) is 0 Å². The molecule has 0 aliphatic heterocycles. The van der Waals surface area contributed by atoms with Crippen LogP contribution in [0.25, 0.3) is 10.9 Å². The van der Waals surface area contributed by atoms with Crippen molar-refractivity contribution in [2.75, 3.05) is 27.2 Å². The van der Waals surface area contributed by atoms with Crippen molar-refractivity contribution in [3.63, 3.8) is 0 Å². The number of hydrogen-bond donors (Lipinski definition) is 3. The number of carbonyl (C=O) groups excluding carboxylic acids is 1. The van der Waals surface area contributed by atoms with Crippen molar-refractivity contribution < 1.29 is 4.79 Å². The summed E-state index contributed by atoms with van der Waals surface area (Å²) in [6, 6.07) is 8.87. The van der Waals surface area contributed by atoms with Gasteiger partial charge in [0, 0.05) is 29.7 Å². The number of nitrogens with one attached hydrogen (secondary N) is 3.